The van der Waals surface area contributed by atoms with Crippen molar-refractivity contribution < 1.29 is 14.6 Å². The summed E-state index contributed by atoms with van der Waals surface area (Å²) >= 11 is 0. The molecule has 6 nitrogen and oxygen atoms in total. The van der Waals surface area contributed by atoms with Crippen LogP contribution in [0, 0.1) is 0 Å². The van der Waals surface area contributed by atoms with Crippen molar-refractivity contribution in [3.05, 3.63) is 53.6 Å². The third kappa shape index (κ3) is 6.69. The average molecular weight is 457 g/mol. The Hall–Kier alpha value is -2.16. The number of aromatic hydroxyl groups is 1. The Balaban J connectivity index is 0.00000312. The Bertz CT molecular complexity index is 708. The van der Waals surface area contributed by atoms with Crippen LogP contribution in [0.2, 0.25) is 0 Å². The highest BCUT2D eigenvalue weighted by molar-refractivity contribution is 14.0. The van der Waals surface area contributed by atoms with Crippen LogP contribution in [0.5, 0.6) is 17.2 Å². The molecule has 0 radical (unpaired) electrons. The van der Waals surface area contributed by atoms with E-state index >= 15 is 0 Å². The van der Waals surface area contributed by atoms with E-state index in [1.54, 1.807) is 26.4 Å². The van der Waals surface area contributed by atoms with E-state index in [0.29, 0.717) is 30.5 Å². The van der Waals surface area contributed by atoms with Crippen LogP contribution in [0.15, 0.2) is 47.5 Å². The van der Waals surface area contributed by atoms with Gasteiger partial charge in [-0.25, -0.2) is 4.99 Å². The maximum Gasteiger partial charge on any atom is 0.188 e. The van der Waals surface area contributed by atoms with E-state index in [-0.39, 0.29) is 29.7 Å². The number of methoxy groups -OCH3 is 2. The number of guanidine groups is 1. The fourth-order valence-electron chi connectivity index (χ4n) is 2.26. The summed E-state index contributed by atoms with van der Waals surface area (Å²) in [7, 11) is 3.20. The fourth-order valence-corrected chi connectivity index (χ4v) is 2.26. The number of benzene rings is 2. The van der Waals surface area contributed by atoms with Gasteiger partial charge >= 0.3 is 0 Å². The third-order valence-electron chi connectivity index (χ3n) is 3.51. The second kappa shape index (κ2) is 10.7. The molecule has 0 bridgehead atoms. The Morgan fingerprint density at radius 1 is 1.08 bits per heavy atom. The SMILES string of the molecule is COc1ccc(CN=C(N)NCCc2cccc(O)c2)cc1OC.I. The first kappa shape index (κ1) is 20.9. The van der Waals surface area contributed by atoms with Crippen molar-refractivity contribution in [2.24, 2.45) is 10.7 Å². The van der Waals surface area contributed by atoms with Gasteiger partial charge in [0.25, 0.3) is 0 Å². The molecule has 0 amide bonds. The highest BCUT2D eigenvalue weighted by Gasteiger charge is 2.04. The number of phenolic OH excluding ortho intramolecular Hbond substituents is 1. The van der Waals surface area contributed by atoms with Crippen molar-refractivity contribution in [1.82, 2.24) is 5.32 Å². The summed E-state index contributed by atoms with van der Waals surface area (Å²) in [6.45, 7) is 1.09. The molecule has 0 unspecified atom stereocenters. The Labute approximate surface area is 165 Å². The van der Waals surface area contributed by atoms with Crippen molar-refractivity contribution in [1.29, 1.82) is 0 Å². The quantitative estimate of drug-likeness (QED) is 0.338. The standard InChI is InChI=1S/C18H23N3O3.HI/c1-23-16-7-6-14(11-17(16)24-2)12-21-18(19)20-9-8-13-4-3-5-15(22)10-13;/h3-7,10-11,22H,8-9,12H2,1-2H3,(H3,19,20,21);1H. The molecule has 0 aliphatic rings. The van der Waals surface area contributed by atoms with Crippen LogP contribution in [0.25, 0.3) is 0 Å². The van der Waals surface area contributed by atoms with Gasteiger partial charge in [0.2, 0.25) is 0 Å². The first-order valence-corrected chi connectivity index (χ1v) is 7.65. The van der Waals surface area contributed by atoms with Gasteiger partial charge in [-0.2, -0.15) is 0 Å². The van der Waals surface area contributed by atoms with Crippen LogP contribution < -0.4 is 20.5 Å². The normalized spacial score (nSPS) is 10.7. The second-order valence-electron chi connectivity index (χ2n) is 5.24. The molecular formula is C18H24IN3O3. The summed E-state index contributed by atoms with van der Waals surface area (Å²) in [5.74, 6) is 2.00. The Morgan fingerprint density at radius 3 is 2.52 bits per heavy atom. The van der Waals surface area contributed by atoms with Gasteiger partial charge in [0, 0.05) is 6.54 Å². The van der Waals surface area contributed by atoms with Gasteiger partial charge < -0.3 is 25.6 Å². The predicted octanol–water partition coefficient (Wildman–Crippen LogP) is 2.67. The number of nitrogens with two attached hydrogens (primary N) is 1. The first-order chi connectivity index (χ1) is 11.6. The van der Waals surface area contributed by atoms with Crippen molar-refractivity contribution in [2.45, 2.75) is 13.0 Å². The van der Waals surface area contributed by atoms with Crippen molar-refractivity contribution >= 4 is 29.9 Å². The summed E-state index contributed by atoms with van der Waals surface area (Å²) in [6, 6.07) is 12.8. The molecule has 2 aromatic carbocycles. The lowest BCUT2D eigenvalue weighted by Gasteiger charge is -2.09. The lowest BCUT2D eigenvalue weighted by molar-refractivity contribution is 0.354. The lowest BCUT2D eigenvalue weighted by Crippen LogP contribution is -2.33. The zero-order valence-electron chi connectivity index (χ0n) is 14.4. The van der Waals surface area contributed by atoms with E-state index in [9.17, 15) is 5.11 Å². The van der Waals surface area contributed by atoms with E-state index in [2.05, 4.69) is 10.3 Å². The van der Waals surface area contributed by atoms with Gasteiger partial charge in [-0.05, 0) is 41.8 Å². The van der Waals surface area contributed by atoms with Crippen LogP contribution in [-0.2, 0) is 13.0 Å². The molecule has 136 valence electrons. The molecule has 0 heterocycles. The number of ether oxygens (including phenoxy) is 2. The number of phenols is 1. The number of halogens is 1. The summed E-state index contributed by atoms with van der Waals surface area (Å²) in [5, 5.41) is 12.5. The molecule has 25 heavy (non-hydrogen) atoms. The topological polar surface area (TPSA) is 89.1 Å². The third-order valence-corrected chi connectivity index (χ3v) is 3.51. The second-order valence-corrected chi connectivity index (χ2v) is 5.24. The molecule has 0 saturated heterocycles. The molecule has 0 atom stereocenters. The maximum absolute atomic E-state index is 9.42. The minimum absolute atomic E-state index is 0. The van der Waals surface area contributed by atoms with Gasteiger partial charge in [0.15, 0.2) is 17.5 Å². The van der Waals surface area contributed by atoms with Crippen molar-refractivity contribution in [3.63, 3.8) is 0 Å². The van der Waals surface area contributed by atoms with Crippen molar-refractivity contribution in [3.8, 4) is 17.2 Å². The minimum atomic E-state index is 0. The summed E-state index contributed by atoms with van der Waals surface area (Å²) in [6.07, 6.45) is 0.751. The monoisotopic (exact) mass is 457 g/mol. The van der Waals surface area contributed by atoms with E-state index in [4.69, 9.17) is 15.2 Å². The molecule has 0 spiro atoms. The largest absolute Gasteiger partial charge is 0.508 e. The molecule has 0 saturated carbocycles. The smallest absolute Gasteiger partial charge is 0.188 e. The van der Waals surface area contributed by atoms with E-state index < -0.39 is 0 Å². The van der Waals surface area contributed by atoms with Gasteiger partial charge in [-0.1, -0.05) is 18.2 Å². The number of aliphatic imine (C=N–C) groups is 1. The number of hydrogen-bond donors (Lipinski definition) is 3. The molecule has 2 aromatic rings. The van der Waals surface area contributed by atoms with E-state index in [1.165, 1.54) is 0 Å². The van der Waals surface area contributed by atoms with Crippen LogP contribution >= 0.6 is 24.0 Å². The number of nitrogens with one attached hydrogen (secondary N) is 1. The lowest BCUT2D eigenvalue weighted by atomic mass is 10.1. The van der Waals surface area contributed by atoms with Crippen LogP contribution in [0.1, 0.15) is 11.1 Å². The molecule has 0 aliphatic carbocycles. The molecule has 0 aliphatic heterocycles. The molecule has 0 fully saturated rings. The number of hydrogen-bond acceptors (Lipinski definition) is 4. The van der Waals surface area contributed by atoms with E-state index in [1.807, 2.05) is 30.3 Å². The zero-order valence-corrected chi connectivity index (χ0v) is 16.7. The fraction of sp³-hybridized carbons (Fsp3) is 0.278. The van der Waals surface area contributed by atoms with Gasteiger partial charge in [0.1, 0.15) is 5.75 Å². The van der Waals surface area contributed by atoms with Crippen molar-refractivity contribution in [2.75, 3.05) is 20.8 Å². The molecule has 0 aromatic heterocycles. The highest BCUT2D eigenvalue weighted by Crippen LogP contribution is 2.27. The summed E-state index contributed by atoms with van der Waals surface area (Å²) in [4.78, 5) is 4.31. The summed E-state index contributed by atoms with van der Waals surface area (Å²) < 4.78 is 10.5. The minimum Gasteiger partial charge on any atom is -0.508 e. The van der Waals surface area contributed by atoms with Gasteiger partial charge in [0.05, 0.1) is 20.8 Å². The Kier molecular flexibility index (Phi) is 8.90. The number of rotatable bonds is 7. The number of nitrogens with zero attached hydrogens (tertiary/aromatic N) is 1. The van der Waals surface area contributed by atoms with Crippen LogP contribution in [0.3, 0.4) is 0 Å². The predicted molar refractivity (Wildman–Crippen MR) is 110 cm³/mol. The zero-order chi connectivity index (χ0) is 17.4. The maximum atomic E-state index is 9.42. The molecule has 4 N–H and O–H groups in total. The molecule has 2 rings (SSSR count). The van der Waals surface area contributed by atoms with E-state index in [0.717, 1.165) is 17.5 Å². The molecule has 7 heteroatoms. The van der Waals surface area contributed by atoms with Gasteiger partial charge in [-0.3, -0.25) is 0 Å². The summed E-state index contributed by atoms with van der Waals surface area (Å²) in [5.41, 5.74) is 7.89. The Morgan fingerprint density at radius 2 is 1.84 bits per heavy atom. The van der Waals surface area contributed by atoms with Crippen LogP contribution in [0.4, 0.5) is 0 Å². The average Bonchev–Trinajstić information content (AvgIpc) is 2.59. The van der Waals surface area contributed by atoms with Gasteiger partial charge in [-0.15, -0.1) is 24.0 Å². The van der Waals surface area contributed by atoms with Crippen LogP contribution in [-0.4, -0.2) is 31.8 Å². The highest BCUT2D eigenvalue weighted by atomic mass is 127. The molecular weight excluding hydrogens is 433 g/mol. The first-order valence-electron chi connectivity index (χ1n) is 7.65.